The standard InChI is InChI=1S/C12H17NO3/c14-11(15)1-7-5-13(6-7)12(16)10-3-8-2-9(8)4-10/h7-10H,1-6H2,(H,14,15). The Morgan fingerprint density at radius 1 is 1.12 bits per heavy atom. The lowest BCUT2D eigenvalue weighted by Gasteiger charge is -2.40. The lowest BCUT2D eigenvalue weighted by Crippen LogP contribution is -2.52. The monoisotopic (exact) mass is 223 g/mol. The Balaban J connectivity index is 1.45. The Kier molecular flexibility index (Phi) is 2.19. The van der Waals surface area contributed by atoms with E-state index in [0.717, 1.165) is 24.7 Å². The van der Waals surface area contributed by atoms with Crippen molar-refractivity contribution in [3.63, 3.8) is 0 Å². The van der Waals surface area contributed by atoms with E-state index < -0.39 is 5.97 Å². The smallest absolute Gasteiger partial charge is 0.303 e. The zero-order valence-corrected chi connectivity index (χ0v) is 9.26. The highest BCUT2D eigenvalue weighted by molar-refractivity contribution is 5.80. The summed E-state index contributed by atoms with van der Waals surface area (Å²) in [6.07, 6.45) is 3.72. The first-order chi connectivity index (χ1) is 7.63. The van der Waals surface area contributed by atoms with Gasteiger partial charge in [0.2, 0.25) is 5.91 Å². The fraction of sp³-hybridized carbons (Fsp3) is 0.833. The molecule has 1 aliphatic heterocycles. The summed E-state index contributed by atoms with van der Waals surface area (Å²) in [5, 5.41) is 8.62. The van der Waals surface area contributed by atoms with E-state index in [1.54, 1.807) is 0 Å². The Labute approximate surface area is 94.6 Å². The number of carboxylic acids is 1. The van der Waals surface area contributed by atoms with Gasteiger partial charge in [0.15, 0.2) is 0 Å². The SMILES string of the molecule is O=C(O)CC1CN(C(=O)C2CC3CC3C2)C1. The second kappa shape index (κ2) is 3.47. The maximum Gasteiger partial charge on any atom is 0.303 e. The molecule has 0 aromatic heterocycles. The number of likely N-dealkylation sites (tertiary alicyclic amines) is 1. The van der Waals surface area contributed by atoms with Gasteiger partial charge in [0.05, 0.1) is 6.42 Å². The van der Waals surface area contributed by atoms with Crippen molar-refractivity contribution in [1.29, 1.82) is 0 Å². The van der Waals surface area contributed by atoms with E-state index in [4.69, 9.17) is 5.11 Å². The zero-order valence-electron chi connectivity index (χ0n) is 9.26. The number of carbonyl (C=O) groups is 2. The van der Waals surface area contributed by atoms with Crippen LogP contribution in [0, 0.1) is 23.7 Å². The number of aliphatic carboxylic acids is 1. The number of carbonyl (C=O) groups excluding carboxylic acids is 1. The number of rotatable bonds is 3. The summed E-state index contributed by atoms with van der Waals surface area (Å²) in [4.78, 5) is 24.3. The van der Waals surface area contributed by atoms with Gasteiger partial charge in [-0.15, -0.1) is 0 Å². The van der Waals surface area contributed by atoms with Crippen LogP contribution in [0.5, 0.6) is 0 Å². The van der Waals surface area contributed by atoms with Crippen molar-refractivity contribution in [1.82, 2.24) is 4.90 Å². The largest absolute Gasteiger partial charge is 0.481 e. The molecule has 2 atom stereocenters. The minimum Gasteiger partial charge on any atom is -0.481 e. The van der Waals surface area contributed by atoms with Crippen LogP contribution in [0.4, 0.5) is 0 Å². The van der Waals surface area contributed by atoms with E-state index in [1.165, 1.54) is 6.42 Å². The highest BCUT2D eigenvalue weighted by atomic mass is 16.4. The average molecular weight is 223 g/mol. The normalized spacial score (nSPS) is 36.8. The Bertz CT molecular complexity index is 325. The second-order valence-electron chi connectivity index (χ2n) is 5.63. The maximum atomic E-state index is 12.0. The third kappa shape index (κ3) is 1.70. The fourth-order valence-electron chi connectivity index (χ4n) is 3.30. The molecular formula is C12H17NO3. The third-order valence-electron chi connectivity index (χ3n) is 4.32. The second-order valence-corrected chi connectivity index (χ2v) is 5.63. The number of carboxylic acid groups (broad SMARTS) is 1. The van der Waals surface area contributed by atoms with Gasteiger partial charge >= 0.3 is 5.97 Å². The highest BCUT2D eigenvalue weighted by Gasteiger charge is 2.49. The van der Waals surface area contributed by atoms with E-state index in [0.29, 0.717) is 13.1 Å². The van der Waals surface area contributed by atoms with Crippen LogP contribution in [0.25, 0.3) is 0 Å². The molecule has 4 nitrogen and oxygen atoms in total. The summed E-state index contributed by atoms with van der Waals surface area (Å²) in [5.74, 6) is 1.66. The molecular weight excluding hydrogens is 206 g/mol. The quantitative estimate of drug-likeness (QED) is 0.775. The third-order valence-corrected chi connectivity index (χ3v) is 4.32. The van der Waals surface area contributed by atoms with Gasteiger partial charge in [0, 0.05) is 24.9 Å². The summed E-state index contributed by atoms with van der Waals surface area (Å²) in [6, 6.07) is 0. The van der Waals surface area contributed by atoms with Crippen molar-refractivity contribution in [3.8, 4) is 0 Å². The van der Waals surface area contributed by atoms with Gasteiger partial charge in [-0.05, 0) is 31.1 Å². The number of hydrogen-bond acceptors (Lipinski definition) is 2. The molecule has 0 spiro atoms. The fourth-order valence-corrected chi connectivity index (χ4v) is 3.30. The molecule has 3 aliphatic rings. The van der Waals surface area contributed by atoms with Crippen molar-refractivity contribution < 1.29 is 14.7 Å². The predicted molar refractivity (Wildman–Crippen MR) is 56.6 cm³/mol. The molecule has 3 rings (SSSR count). The van der Waals surface area contributed by atoms with Gasteiger partial charge in [-0.1, -0.05) is 0 Å². The van der Waals surface area contributed by atoms with Gasteiger partial charge in [-0.3, -0.25) is 9.59 Å². The molecule has 0 bridgehead atoms. The van der Waals surface area contributed by atoms with E-state index >= 15 is 0 Å². The van der Waals surface area contributed by atoms with E-state index in [2.05, 4.69) is 0 Å². The van der Waals surface area contributed by atoms with E-state index in [1.807, 2.05) is 4.90 Å². The molecule has 1 amide bonds. The van der Waals surface area contributed by atoms with E-state index in [-0.39, 0.29) is 24.2 Å². The molecule has 2 saturated carbocycles. The van der Waals surface area contributed by atoms with Crippen molar-refractivity contribution in [2.75, 3.05) is 13.1 Å². The van der Waals surface area contributed by atoms with Crippen molar-refractivity contribution >= 4 is 11.9 Å². The summed E-state index contributed by atoms with van der Waals surface area (Å²) in [7, 11) is 0. The molecule has 1 heterocycles. The molecule has 0 aromatic carbocycles. The van der Waals surface area contributed by atoms with Gasteiger partial charge in [-0.25, -0.2) is 0 Å². The number of nitrogens with zero attached hydrogens (tertiary/aromatic N) is 1. The van der Waals surface area contributed by atoms with Gasteiger partial charge in [-0.2, -0.15) is 0 Å². The molecule has 2 aliphatic carbocycles. The molecule has 1 saturated heterocycles. The minimum absolute atomic E-state index is 0.192. The summed E-state index contributed by atoms with van der Waals surface area (Å²) >= 11 is 0. The summed E-state index contributed by atoms with van der Waals surface area (Å²) < 4.78 is 0. The Morgan fingerprint density at radius 3 is 2.31 bits per heavy atom. The van der Waals surface area contributed by atoms with E-state index in [9.17, 15) is 9.59 Å². The van der Waals surface area contributed by atoms with Crippen LogP contribution < -0.4 is 0 Å². The number of amides is 1. The zero-order chi connectivity index (χ0) is 11.3. The van der Waals surface area contributed by atoms with Crippen LogP contribution in [0.2, 0.25) is 0 Å². The topological polar surface area (TPSA) is 57.6 Å². The highest BCUT2D eigenvalue weighted by Crippen LogP contribution is 2.54. The van der Waals surface area contributed by atoms with Gasteiger partial charge in [0.25, 0.3) is 0 Å². The summed E-state index contributed by atoms with van der Waals surface area (Å²) in [6.45, 7) is 1.33. The van der Waals surface area contributed by atoms with Gasteiger partial charge in [0.1, 0.15) is 0 Å². The number of hydrogen-bond donors (Lipinski definition) is 1. The Morgan fingerprint density at radius 2 is 1.75 bits per heavy atom. The first-order valence-electron chi connectivity index (χ1n) is 6.14. The van der Waals surface area contributed by atoms with Crippen molar-refractivity contribution in [2.45, 2.75) is 25.7 Å². The molecule has 2 unspecified atom stereocenters. The first kappa shape index (κ1) is 10.1. The predicted octanol–water partition coefficient (Wildman–Crippen LogP) is 0.966. The van der Waals surface area contributed by atoms with Crippen molar-refractivity contribution in [2.24, 2.45) is 23.7 Å². The molecule has 0 radical (unpaired) electrons. The van der Waals surface area contributed by atoms with Crippen LogP contribution in [-0.4, -0.2) is 35.0 Å². The van der Waals surface area contributed by atoms with Crippen LogP contribution in [0.1, 0.15) is 25.7 Å². The van der Waals surface area contributed by atoms with Crippen LogP contribution in [0.15, 0.2) is 0 Å². The molecule has 1 N–H and O–H groups in total. The first-order valence-corrected chi connectivity index (χ1v) is 6.14. The van der Waals surface area contributed by atoms with Crippen LogP contribution in [-0.2, 0) is 9.59 Å². The lowest BCUT2D eigenvalue weighted by atomic mass is 9.93. The van der Waals surface area contributed by atoms with Crippen LogP contribution in [0.3, 0.4) is 0 Å². The summed E-state index contributed by atoms with van der Waals surface area (Å²) in [5.41, 5.74) is 0. The molecule has 16 heavy (non-hydrogen) atoms. The van der Waals surface area contributed by atoms with Crippen LogP contribution >= 0.6 is 0 Å². The van der Waals surface area contributed by atoms with Crippen molar-refractivity contribution in [3.05, 3.63) is 0 Å². The molecule has 88 valence electrons. The Hall–Kier alpha value is -1.06. The molecule has 4 heteroatoms. The van der Waals surface area contributed by atoms with Gasteiger partial charge < -0.3 is 10.0 Å². The molecule has 3 fully saturated rings. The lowest BCUT2D eigenvalue weighted by molar-refractivity contribution is -0.147. The maximum absolute atomic E-state index is 12.0. The number of fused-ring (bicyclic) bond motifs is 1. The average Bonchev–Trinajstić information content (AvgIpc) is 2.78. The molecule has 0 aromatic rings. The minimum atomic E-state index is -0.751.